The van der Waals surface area contributed by atoms with Gasteiger partial charge >= 0.3 is 0 Å². The number of aromatic nitrogens is 2. The van der Waals surface area contributed by atoms with E-state index in [0.717, 1.165) is 21.5 Å². The molecule has 3 aromatic rings. The van der Waals surface area contributed by atoms with E-state index in [1.54, 1.807) is 0 Å². The minimum Gasteiger partial charge on any atom is -0.345 e. The molecule has 22 heavy (non-hydrogen) atoms. The monoisotopic (exact) mass is 333 g/mol. The molecule has 2 aromatic heterocycles. The van der Waals surface area contributed by atoms with Gasteiger partial charge < -0.3 is 5.32 Å². The maximum Gasteiger partial charge on any atom is 0.261 e. The van der Waals surface area contributed by atoms with Gasteiger partial charge in [-0.2, -0.15) is 5.10 Å². The summed E-state index contributed by atoms with van der Waals surface area (Å²) in [6.45, 7) is 3.88. The second-order valence-corrected chi connectivity index (χ2v) is 6.69. The van der Waals surface area contributed by atoms with E-state index in [1.807, 2.05) is 55.9 Å². The van der Waals surface area contributed by atoms with E-state index in [0.29, 0.717) is 9.90 Å². The highest BCUT2D eigenvalue weighted by atomic mass is 35.5. The number of hydrogen-bond acceptors (Lipinski definition) is 3. The van der Waals surface area contributed by atoms with Gasteiger partial charge in [0.15, 0.2) is 0 Å². The highest BCUT2D eigenvalue weighted by Gasteiger charge is 2.18. The van der Waals surface area contributed by atoms with Crippen molar-refractivity contribution < 1.29 is 4.79 Å². The Morgan fingerprint density at radius 2 is 2.14 bits per heavy atom. The van der Waals surface area contributed by atoms with E-state index in [9.17, 15) is 4.79 Å². The van der Waals surface area contributed by atoms with Crippen molar-refractivity contribution in [2.75, 3.05) is 0 Å². The number of carbonyl (C=O) groups is 1. The molecule has 0 aliphatic rings. The fraction of sp³-hybridized carbons (Fsp3) is 0.250. The summed E-state index contributed by atoms with van der Waals surface area (Å²) in [5.41, 5.74) is 1.85. The zero-order valence-electron chi connectivity index (χ0n) is 12.6. The van der Waals surface area contributed by atoms with Crippen molar-refractivity contribution in [2.24, 2.45) is 7.05 Å². The normalized spacial score (nSPS) is 12.5. The Balaban J connectivity index is 1.84. The fourth-order valence-electron chi connectivity index (χ4n) is 2.49. The lowest BCUT2D eigenvalue weighted by molar-refractivity contribution is 0.0944. The van der Waals surface area contributed by atoms with Crippen LogP contribution in [-0.2, 0) is 7.05 Å². The molecule has 0 aliphatic heterocycles. The molecule has 0 saturated heterocycles. The van der Waals surface area contributed by atoms with Crippen LogP contribution >= 0.6 is 22.9 Å². The molecule has 6 heteroatoms. The van der Waals surface area contributed by atoms with Crippen LogP contribution in [0.1, 0.15) is 33.9 Å². The maximum absolute atomic E-state index is 12.5. The molecule has 1 atom stereocenters. The summed E-state index contributed by atoms with van der Waals surface area (Å²) in [5.74, 6) is -0.0898. The lowest BCUT2D eigenvalue weighted by Crippen LogP contribution is -2.26. The van der Waals surface area contributed by atoms with Gasteiger partial charge in [-0.15, -0.1) is 11.3 Å². The predicted octanol–water partition coefficient (Wildman–Crippen LogP) is 4.09. The zero-order valence-corrected chi connectivity index (χ0v) is 14.1. The van der Waals surface area contributed by atoms with E-state index in [4.69, 9.17) is 11.6 Å². The van der Waals surface area contributed by atoms with E-state index in [2.05, 4.69) is 10.4 Å². The van der Waals surface area contributed by atoms with Crippen LogP contribution in [0.3, 0.4) is 0 Å². The standard InChI is InChI=1S/C16H16ClN3OS/c1-9(11-6-4-5-7-13(11)17)18-15(21)14-8-12-10(2)19-20(3)16(12)22-14/h4-9H,1-3H3,(H,18,21). The van der Waals surface area contributed by atoms with Crippen molar-refractivity contribution in [1.82, 2.24) is 15.1 Å². The molecule has 3 rings (SSSR count). The highest BCUT2D eigenvalue weighted by Crippen LogP contribution is 2.28. The molecule has 4 nitrogen and oxygen atoms in total. The minimum absolute atomic E-state index is 0.0898. The number of benzene rings is 1. The summed E-state index contributed by atoms with van der Waals surface area (Å²) >= 11 is 7.63. The van der Waals surface area contributed by atoms with Gasteiger partial charge in [-0.3, -0.25) is 9.48 Å². The van der Waals surface area contributed by atoms with Crippen molar-refractivity contribution in [1.29, 1.82) is 0 Å². The molecule has 0 bridgehead atoms. The molecule has 1 unspecified atom stereocenters. The van der Waals surface area contributed by atoms with Crippen LogP contribution in [0, 0.1) is 6.92 Å². The van der Waals surface area contributed by atoms with Gasteiger partial charge in [0.1, 0.15) is 4.83 Å². The molecule has 2 heterocycles. The molecule has 1 aromatic carbocycles. The number of carbonyl (C=O) groups excluding carboxylic acids is 1. The van der Waals surface area contributed by atoms with Crippen molar-refractivity contribution in [3.05, 3.63) is 51.5 Å². The molecular weight excluding hydrogens is 318 g/mol. The van der Waals surface area contributed by atoms with E-state index < -0.39 is 0 Å². The first-order chi connectivity index (χ1) is 10.5. The Hall–Kier alpha value is -1.85. The van der Waals surface area contributed by atoms with Crippen LogP contribution in [-0.4, -0.2) is 15.7 Å². The Kier molecular flexibility index (Phi) is 3.93. The van der Waals surface area contributed by atoms with Crippen LogP contribution in [0.2, 0.25) is 5.02 Å². The Morgan fingerprint density at radius 1 is 1.41 bits per heavy atom. The van der Waals surface area contributed by atoms with Crippen LogP contribution < -0.4 is 5.32 Å². The molecule has 1 amide bonds. The molecule has 114 valence electrons. The lowest BCUT2D eigenvalue weighted by atomic mass is 10.1. The average molecular weight is 334 g/mol. The predicted molar refractivity (Wildman–Crippen MR) is 90.7 cm³/mol. The van der Waals surface area contributed by atoms with E-state index in [1.165, 1.54) is 11.3 Å². The summed E-state index contributed by atoms with van der Waals surface area (Å²) in [7, 11) is 1.89. The van der Waals surface area contributed by atoms with Gasteiger partial charge in [0.2, 0.25) is 0 Å². The number of nitrogens with zero attached hydrogens (tertiary/aromatic N) is 2. The number of nitrogens with one attached hydrogen (secondary N) is 1. The largest absolute Gasteiger partial charge is 0.345 e. The number of aryl methyl sites for hydroxylation is 2. The third-order valence-corrected chi connectivity index (χ3v) is 5.18. The highest BCUT2D eigenvalue weighted by molar-refractivity contribution is 7.20. The molecule has 0 saturated carbocycles. The number of rotatable bonds is 3. The number of fused-ring (bicyclic) bond motifs is 1. The third kappa shape index (κ3) is 2.62. The van der Waals surface area contributed by atoms with Crippen molar-refractivity contribution in [3.63, 3.8) is 0 Å². The number of thiophene rings is 1. The second-order valence-electron chi connectivity index (χ2n) is 5.26. The Bertz CT molecular complexity index is 818. The molecule has 0 fully saturated rings. The maximum atomic E-state index is 12.5. The minimum atomic E-state index is -0.148. The molecule has 1 N–H and O–H groups in total. The quantitative estimate of drug-likeness (QED) is 0.784. The summed E-state index contributed by atoms with van der Waals surface area (Å²) < 4.78 is 1.81. The topological polar surface area (TPSA) is 46.9 Å². The number of amides is 1. The third-order valence-electron chi connectivity index (χ3n) is 3.64. The SMILES string of the molecule is Cc1nn(C)c2sc(C(=O)NC(C)c3ccccc3Cl)cc12. The van der Waals surface area contributed by atoms with Gasteiger partial charge in [-0.25, -0.2) is 0 Å². The number of halogens is 1. The summed E-state index contributed by atoms with van der Waals surface area (Å²) in [6.07, 6.45) is 0. The van der Waals surface area contributed by atoms with Gasteiger partial charge in [-0.1, -0.05) is 29.8 Å². The van der Waals surface area contributed by atoms with E-state index in [-0.39, 0.29) is 11.9 Å². The zero-order chi connectivity index (χ0) is 15.9. The number of hydrogen-bond donors (Lipinski definition) is 1. The Labute approximate surface area is 137 Å². The van der Waals surface area contributed by atoms with Crippen LogP contribution in [0.4, 0.5) is 0 Å². The first-order valence-electron chi connectivity index (χ1n) is 6.96. The molecule has 0 spiro atoms. The molecule has 0 aliphatic carbocycles. The van der Waals surface area contributed by atoms with Crippen molar-refractivity contribution >= 4 is 39.1 Å². The molecule has 0 radical (unpaired) electrons. The summed E-state index contributed by atoms with van der Waals surface area (Å²) in [5, 5.41) is 9.04. The average Bonchev–Trinajstić information content (AvgIpc) is 3.02. The van der Waals surface area contributed by atoms with Gasteiger partial charge in [0.25, 0.3) is 5.91 Å². The van der Waals surface area contributed by atoms with Crippen LogP contribution in [0.5, 0.6) is 0 Å². The fourth-order valence-corrected chi connectivity index (χ4v) is 3.81. The first-order valence-corrected chi connectivity index (χ1v) is 8.15. The molecular formula is C16H16ClN3OS. The van der Waals surface area contributed by atoms with Gasteiger partial charge in [0, 0.05) is 17.5 Å². The van der Waals surface area contributed by atoms with Gasteiger partial charge in [-0.05, 0) is 31.5 Å². The summed E-state index contributed by atoms with van der Waals surface area (Å²) in [4.78, 5) is 14.1. The Morgan fingerprint density at radius 3 is 2.82 bits per heavy atom. The van der Waals surface area contributed by atoms with Crippen LogP contribution in [0.15, 0.2) is 30.3 Å². The smallest absolute Gasteiger partial charge is 0.261 e. The van der Waals surface area contributed by atoms with E-state index >= 15 is 0 Å². The van der Waals surface area contributed by atoms with Gasteiger partial charge in [0.05, 0.1) is 16.6 Å². The first kappa shape index (κ1) is 15.1. The van der Waals surface area contributed by atoms with Crippen molar-refractivity contribution in [2.45, 2.75) is 19.9 Å². The summed E-state index contributed by atoms with van der Waals surface area (Å²) in [6, 6.07) is 9.29. The van der Waals surface area contributed by atoms with Crippen molar-refractivity contribution in [3.8, 4) is 0 Å². The van der Waals surface area contributed by atoms with Crippen LogP contribution in [0.25, 0.3) is 10.2 Å². The lowest BCUT2D eigenvalue weighted by Gasteiger charge is -2.15. The second kappa shape index (κ2) is 5.74.